The third-order valence-corrected chi connectivity index (χ3v) is 4.03. The van der Waals surface area contributed by atoms with Crippen LogP contribution in [0.1, 0.15) is 33.5 Å². The Morgan fingerprint density at radius 2 is 1.62 bits per heavy atom. The molecule has 0 saturated heterocycles. The van der Waals surface area contributed by atoms with Gasteiger partial charge in [-0.25, -0.2) is 0 Å². The lowest BCUT2D eigenvalue weighted by molar-refractivity contribution is -0.116. The van der Waals surface area contributed by atoms with Crippen LogP contribution >= 0.6 is 0 Å². The number of aryl methyl sites for hydroxylation is 3. The molecule has 2 amide bonds. The molecule has 2 aromatic rings. The molecule has 2 aromatic carbocycles. The summed E-state index contributed by atoms with van der Waals surface area (Å²) in [7, 11) is 3.43. The van der Waals surface area contributed by atoms with Crippen LogP contribution in [-0.2, 0) is 11.2 Å². The average Bonchev–Trinajstić information content (AvgIpc) is 2.56. The van der Waals surface area contributed by atoms with Crippen molar-refractivity contribution in [2.75, 3.05) is 19.4 Å². The van der Waals surface area contributed by atoms with Gasteiger partial charge in [-0.2, -0.15) is 0 Å². The molecule has 126 valence electrons. The fourth-order valence-electron chi connectivity index (χ4n) is 2.39. The van der Waals surface area contributed by atoms with Crippen molar-refractivity contribution in [2.45, 2.75) is 26.7 Å². The summed E-state index contributed by atoms with van der Waals surface area (Å²) < 4.78 is 0. The molecule has 0 fully saturated rings. The number of hydrogen-bond donors (Lipinski definition) is 1. The summed E-state index contributed by atoms with van der Waals surface area (Å²) >= 11 is 0. The van der Waals surface area contributed by atoms with Crippen LogP contribution in [0.15, 0.2) is 42.5 Å². The van der Waals surface area contributed by atoms with Crippen LogP contribution in [0, 0.1) is 13.8 Å². The summed E-state index contributed by atoms with van der Waals surface area (Å²) in [6.07, 6.45) is 1.14. The minimum absolute atomic E-state index is 0.0279. The van der Waals surface area contributed by atoms with Gasteiger partial charge in [0.2, 0.25) is 5.91 Å². The Balaban J connectivity index is 1.90. The van der Waals surface area contributed by atoms with Gasteiger partial charge in [0.25, 0.3) is 5.91 Å². The van der Waals surface area contributed by atoms with E-state index in [2.05, 4.69) is 37.4 Å². The maximum atomic E-state index is 12.1. The van der Waals surface area contributed by atoms with E-state index in [4.69, 9.17) is 0 Å². The lowest BCUT2D eigenvalue weighted by atomic mass is 10.0. The van der Waals surface area contributed by atoms with Gasteiger partial charge >= 0.3 is 0 Å². The first-order valence-electron chi connectivity index (χ1n) is 8.04. The molecule has 24 heavy (non-hydrogen) atoms. The molecular formula is C20H24N2O2. The highest BCUT2D eigenvalue weighted by Gasteiger charge is 2.08. The zero-order valence-electron chi connectivity index (χ0n) is 14.7. The van der Waals surface area contributed by atoms with E-state index in [-0.39, 0.29) is 11.8 Å². The molecule has 0 aliphatic rings. The smallest absolute Gasteiger partial charge is 0.253 e. The predicted octanol–water partition coefficient (Wildman–Crippen LogP) is 3.58. The second-order valence-electron chi connectivity index (χ2n) is 6.24. The van der Waals surface area contributed by atoms with Gasteiger partial charge in [-0.1, -0.05) is 18.2 Å². The number of rotatable bonds is 5. The second-order valence-corrected chi connectivity index (χ2v) is 6.24. The van der Waals surface area contributed by atoms with Crippen LogP contribution < -0.4 is 5.32 Å². The highest BCUT2D eigenvalue weighted by atomic mass is 16.2. The van der Waals surface area contributed by atoms with Gasteiger partial charge in [-0.05, 0) is 61.2 Å². The minimum atomic E-state index is -0.0531. The average molecular weight is 324 g/mol. The van der Waals surface area contributed by atoms with Gasteiger partial charge in [0.05, 0.1) is 0 Å². The predicted molar refractivity (Wildman–Crippen MR) is 97.3 cm³/mol. The van der Waals surface area contributed by atoms with Crippen LogP contribution in [0.2, 0.25) is 0 Å². The van der Waals surface area contributed by atoms with E-state index in [1.165, 1.54) is 21.6 Å². The quantitative estimate of drug-likeness (QED) is 0.914. The van der Waals surface area contributed by atoms with Crippen molar-refractivity contribution < 1.29 is 9.59 Å². The molecule has 0 atom stereocenters. The number of carbonyl (C=O) groups is 2. The zero-order valence-corrected chi connectivity index (χ0v) is 14.7. The number of hydrogen-bond acceptors (Lipinski definition) is 2. The van der Waals surface area contributed by atoms with Crippen LogP contribution in [0.3, 0.4) is 0 Å². The van der Waals surface area contributed by atoms with Crippen molar-refractivity contribution in [3.05, 3.63) is 64.7 Å². The molecule has 0 aliphatic heterocycles. The first-order valence-corrected chi connectivity index (χ1v) is 8.04. The van der Waals surface area contributed by atoms with Crippen molar-refractivity contribution in [1.29, 1.82) is 0 Å². The van der Waals surface area contributed by atoms with Crippen molar-refractivity contribution in [2.24, 2.45) is 0 Å². The van der Waals surface area contributed by atoms with Gasteiger partial charge in [0.15, 0.2) is 0 Å². The highest BCUT2D eigenvalue weighted by molar-refractivity contribution is 5.95. The number of benzene rings is 2. The molecule has 0 aliphatic carbocycles. The molecule has 0 heterocycles. The number of carbonyl (C=O) groups excluding carboxylic acids is 2. The zero-order chi connectivity index (χ0) is 17.7. The minimum Gasteiger partial charge on any atom is -0.345 e. The summed E-state index contributed by atoms with van der Waals surface area (Å²) in [5, 5.41) is 2.87. The molecule has 4 heteroatoms. The number of anilines is 1. The Hall–Kier alpha value is -2.62. The number of nitrogens with zero attached hydrogens (tertiary/aromatic N) is 1. The molecule has 0 aromatic heterocycles. The summed E-state index contributed by atoms with van der Waals surface area (Å²) in [6.45, 7) is 4.16. The van der Waals surface area contributed by atoms with E-state index < -0.39 is 0 Å². The first kappa shape index (κ1) is 17.7. The van der Waals surface area contributed by atoms with E-state index in [0.29, 0.717) is 24.1 Å². The van der Waals surface area contributed by atoms with Crippen LogP contribution in [-0.4, -0.2) is 30.8 Å². The Morgan fingerprint density at radius 3 is 2.21 bits per heavy atom. The molecule has 0 spiro atoms. The van der Waals surface area contributed by atoms with Crippen molar-refractivity contribution in [3.63, 3.8) is 0 Å². The SMILES string of the molecule is Cc1ccc(CCC(=O)Nc2ccc(C(=O)N(C)C)cc2)cc1C. The maximum absolute atomic E-state index is 12.1. The van der Waals surface area contributed by atoms with E-state index in [0.717, 1.165) is 0 Å². The second kappa shape index (κ2) is 7.77. The molecule has 0 radical (unpaired) electrons. The molecule has 1 N–H and O–H groups in total. The fraction of sp³-hybridized carbons (Fsp3) is 0.300. The maximum Gasteiger partial charge on any atom is 0.253 e. The standard InChI is InChI=1S/C20H24N2O2/c1-14-5-6-16(13-15(14)2)7-12-19(23)21-18-10-8-17(9-11-18)20(24)22(3)4/h5-6,8-11,13H,7,12H2,1-4H3,(H,21,23). The molecule has 2 rings (SSSR count). The van der Waals surface area contributed by atoms with Crippen LogP contribution in [0.5, 0.6) is 0 Å². The summed E-state index contributed by atoms with van der Waals surface area (Å²) in [6, 6.07) is 13.2. The molecule has 0 unspecified atom stereocenters. The van der Waals surface area contributed by atoms with E-state index in [1.807, 2.05) is 0 Å². The normalized spacial score (nSPS) is 10.3. The third kappa shape index (κ3) is 4.69. The monoisotopic (exact) mass is 324 g/mol. The fourth-order valence-corrected chi connectivity index (χ4v) is 2.39. The lowest BCUT2D eigenvalue weighted by Crippen LogP contribution is -2.21. The van der Waals surface area contributed by atoms with Crippen molar-refractivity contribution >= 4 is 17.5 Å². The molecule has 0 saturated carbocycles. The summed E-state index contributed by atoms with van der Waals surface area (Å²) in [4.78, 5) is 25.4. The topological polar surface area (TPSA) is 49.4 Å². The van der Waals surface area contributed by atoms with E-state index in [1.54, 1.807) is 38.4 Å². The Morgan fingerprint density at radius 1 is 0.958 bits per heavy atom. The number of amides is 2. The molecular weight excluding hydrogens is 300 g/mol. The Bertz CT molecular complexity index is 734. The lowest BCUT2D eigenvalue weighted by Gasteiger charge is -2.11. The Labute approximate surface area is 143 Å². The van der Waals surface area contributed by atoms with Crippen molar-refractivity contribution in [3.8, 4) is 0 Å². The van der Waals surface area contributed by atoms with Gasteiger partial charge in [0.1, 0.15) is 0 Å². The van der Waals surface area contributed by atoms with Gasteiger partial charge in [-0.15, -0.1) is 0 Å². The highest BCUT2D eigenvalue weighted by Crippen LogP contribution is 2.14. The summed E-state index contributed by atoms with van der Waals surface area (Å²) in [5.41, 5.74) is 4.98. The van der Waals surface area contributed by atoms with E-state index >= 15 is 0 Å². The molecule has 4 nitrogen and oxygen atoms in total. The van der Waals surface area contributed by atoms with Crippen LogP contribution in [0.25, 0.3) is 0 Å². The van der Waals surface area contributed by atoms with Crippen LogP contribution in [0.4, 0.5) is 5.69 Å². The third-order valence-electron chi connectivity index (χ3n) is 4.03. The van der Waals surface area contributed by atoms with E-state index in [9.17, 15) is 9.59 Å². The van der Waals surface area contributed by atoms with Gasteiger partial charge < -0.3 is 10.2 Å². The Kier molecular flexibility index (Phi) is 5.74. The van der Waals surface area contributed by atoms with Gasteiger partial charge in [-0.3, -0.25) is 9.59 Å². The van der Waals surface area contributed by atoms with Crippen molar-refractivity contribution in [1.82, 2.24) is 4.90 Å². The largest absolute Gasteiger partial charge is 0.345 e. The van der Waals surface area contributed by atoms with Gasteiger partial charge in [0, 0.05) is 31.8 Å². The number of nitrogens with one attached hydrogen (secondary N) is 1. The summed E-state index contributed by atoms with van der Waals surface area (Å²) in [5.74, 6) is -0.0810. The first-order chi connectivity index (χ1) is 11.4. The molecule has 0 bridgehead atoms.